The van der Waals surface area contributed by atoms with Gasteiger partial charge in [0.15, 0.2) is 0 Å². The number of imide groups is 1. The maximum absolute atomic E-state index is 11.5. The highest BCUT2D eigenvalue weighted by molar-refractivity contribution is 7.11. The van der Waals surface area contributed by atoms with Gasteiger partial charge in [0.2, 0.25) is 0 Å². The molecule has 1 aliphatic heterocycles. The van der Waals surface area contributed by atoms with Gasteiger partial charge in [-0.3, -0.25) is 14.5 Å². The first-order valence-electron chi connectivity index (χ1n) is 4.53. The van der Waals surface area contributed by atoms with Crippen molar-refractivity contribution in [1.82, 2.24) is 9.88 Å². The van der Waals surface area contributed by atoms with Gasteiger partial charge in [-0.1, -0.05) is 0 Å². The van der Waals surface area contributed by atoms with Crippen molar-refractivity contribution in [3.63, 3.8) is 0 Å². The third kappa shape index (κ3) is 1.83. The normalized spacial score (nSPS) is 16.1. The quantitative estimate of drug-likeness (QED) is 0.708. The summed E-state index contributed by atoms with van der Waals surface area (Å²) in [6.07, 6.45) is 3.11. The summed E-state index contributed by atoms with van der Waals surface area (Å²) >= 11 is 1.50. The number of hydrogen-bond acceptors (Lipinski definition) is 4. The molecule has 2 heterocycles. The second-order valence-electron chi connectivity index (χ2n) is 3.42. The van der Waals surface area contributed by atoms with Crippen molar-refractivity contribution in [3.8, 4) is 0 Å². The molecule has 0 unspecified atom stereocenters. The Morgan fingerprint density at radius 2 is 2.13 bits per heavy atom. The Balaban J connectivity index is 2.15. The maximum Gasteiger partial charge on any atom is 0.256 e. The first kappa shape index (κ1) is 10.0. The van der Waals surface area contributed by atoms with Crippen LogP contribution < -0.4 is 0 Å². The van der Waals surface area contributed by atoms with Gasteiger partial charge in [-0.15, -0.1) is 11.3 Å². The molecule has 0 bridgehead atoms. The van der Waals surface area contributed by atoms with Crippen LogP contribution >= 0.6 is 11.3 Å². The van der Waals surface area contributed by atoms with Crippen molar-refractivity contribution in [2.24, 2.45) is 0 Å². The van der Waals surface area contributed by atoms with Crippen molar-refractivity contribution < 1.29 is 9.59 Å². The predicted octanol–water partition coefficient (Wildman–Crippen LogP) is 1.27. The molecule has 0 radical (unpaired) electrons. The molecule has 5 heteroatoms. The van der Waals surface area contributed by atoms with E-state index in [9.17, 15) is 9.59 Å². The molecular formula is C10H10N2O2S. The molecule has 4 nitrogen and oxygen atoms in total. The lowest BCUT2D eigenvalue weighted by Crippen LogP contribution is -2.30. The lowest BCUT2D eigenvalue weighted by molar-refractivity contribution is -0.137. The molecule has 0 atom stereocenters. The highest BCUT2D eigenvalue weighted by Crippen LogP contribution is 2.18. The van der Waals surface area contributed by atoms with Crippen molar-refractivity contribution >= 4 is 23.2 Å². The lowest BCUT2D eigenvalue weighted by atomic mass is 10.3. The number of nitrogens with zero attached hydrogens (tertiary/aromatic N) is 2. The second-order valence-corrected chi connectivity index (χ2v) is 4.74. The fraction of sp³-hybridized carbons (Fsp3) is 0.300. The number of carbonyl (C=O) groups is 2. The number of amides is 2. The van der Waals surface area contributed by atoms with Crippen LogP contribution in [0.4, 0.5) is 0 Å². The van der Waals surface area contributed by atoms with E-state index in [0.29, 0.717) is 5.57 Å². The van der Waals surface area contributed by atoms with Gasteiger partial charge in [-0.25, -0.2) is 4.98 Å². The van der Waals surface area contributed by atoms with Crippen LogP contribution in [-0.4, -0.2) is 21.7 Å². The molecule has 0 fully saturated rings. The molecule has 1 aromatic rings. The molecule has 0 aliphatic carbocycles. The van der Waals surface area contributed by atoms with Gasteiger partial charge in [-0.05, 0) is 13.8 Å². The topological polar surface area (TPSA) is 50.3 Å². The molecule has 2 rings (SSSR count). The first-order chi connectivity index (χ1) is 7.08. The number of hydrogen-bond donors (Lipinski definition) is 0. The Hall–Kier alpha value is -1.49. The van der Waals surface area contributed by atoms with Crippen molar-refractivity contribution in [2.75, 3.05) is 0 Å². The maximum atomic E-state index is 11.5. The van der Waals surface area contributed by atoms with Gasteiger partial charge in [0.1, 0.15) is 5.01 Å². The van der Waals surface area contributed by atoms with Crippen molar-refractivity contribution in [1.29, 1.82) is 0 Å². The average Bonchev–Trinajstić information content (AvgIpc) is 2.67. The number of thiazole rings is 1. The molecule has 2 amide bonds. The van der Waals surface area contributed by atoms with Crippen LogP contribution in [-0.2, 0) is 16.1 Å². The smallest absolute Gasteiger partial charge is 0.256 e. The molecule has 1 aliphatic rings. The van der Waals surface area contributed by atoms with E-state index >= 15 is 0 Å². The van der Waals surface area contributed by atoms with E-state index in [0.717, 1.165) is 9.88 Å². The fourth-order valence-electron chi connectivity index (χ4n) is 1.40. The molecule has 0 spiro atoms. The first-order valence-corrected chi connectivity index (χ1v) is 5.35. The average molecular weight is 222 g/mol. The Morgan fingerprint density at radius 3 is 2.60 bits per heavy atom. The number of aryl methyl sites for hydroxylation is 1. The van der Waals surface area contributed by atoms with Gasteiger partial charge >= 0.3 is 0 Å². The number of rotatable bonds is 2. The fourth-order valence-corrected chi connectivity index (χ4v) is 2.17. The molecule has 0 saturated carbocycles. The van der Waals surface area contributed by atoms with E-state index in [1.165, 1.54) is 22.3 Å². The molecule has 15 heavy (non-hydrogen) atoms. The number of aromatic nitrogens is 1. The summed E-state index contributed by atoms with van der Waals surface area (Å²) in [4.78, 5) is 29.4. The SMILES string of the molecule is CC1=CC(=O)N(Cc2ncc(C)s2)C1=O. The number of carbonyl (C=O) groups excluding carboxylic acids is 2. The van der Waals surface area contributed by atoms with Gasteiger partial charge in [0, 0.05) is 22.7 Å². The van der Waals surface area contributed by atoms with Gasteiger partial charge in [0.05, 0.1) is 6.54 Å². The second kappa shape index (κ2) is 3.58. The molecular weight excluding hydrogens is 212 g/mol. The van der Waals surface area contributed by atoms with Gasteiger partial charge in [0.25, 0.3) is 11.8 Å². The monoisotopic (exact) mass is 222 g/mol. The summed E-state index contributed by atoms with van der Waals surface area (Å²) in [6.45, 7) is 3.87. The van der Waals surface area contributed by atoms with Gasteiger partial charge < -0.3 is 0 Å². The van der Waals surface area contributed by atoms with E-state index in [1.54, 1.807) is 13.1 Å². The summed E-state index contributed by atoms with van der Waals surface area (Å²) in [5, 5.41) is 0.789. The van der Waals surface area contributed by atoms with E-state index in [-0.39, 0.29) is 18.4 Å². The molecule has 0 N–H and O–H groups in total. The van der Waals surface area contributed by atoms with Crippen LogP contribution in [0.3, 0.4) is 0 Å². The van der Waals surface area contributed by atoms with E-state index in [4.69, 9.17) is 0 Å². The summed E-state index contributed by atoms with van der Waals surface area (Å²) in [5.41, 5.74) is 0.494. The summed E-state index contributed by atoms with van der Waals surface area (Å²) in [6, 6.07) is 0. The van der Waals surface area contributed by atoms with E-state index in [2.05, 4.69) is 4.98 Å². The van der Waals surface area contributed by atoms with Crippen LogP contribution in [0.5, 0.6) is 0 Å². The summed E-state index contributed by atoms with van der Waals surface area (Å²) < 4.78 is 0. The van der Waals surface area contributed by atoms with Crippen LogP contribution in [0.1, 0.15) is 16.8 Å². The highest BCUT2D eigenvalue weighted by Gasteiger charge is 2.28. The minimum absolute atomic E-state index is 0.215. The Bertz CT molecular complexity index is 462. The van der Waals surface area contributed by atoms with Crippen LogP contribution in [0.25, 0.3) is 0 Å². The summed E-state index contributed by atoms with van der Waals surface area (Å²) in [7, 11) is 0. The van der Waals surface area contributed by atoms with Crippen molar-refractivity contribution in [3.05, 3.63) is 27.7 Å². The minimum atomic E-state index is -0.245. The van der Waals surface area contributed by atoms with Crippen LogP contribution in [0, 0.1) is 6.92 Å². The van der Waals surface area contributed by atoms with E-state index in [1.807, 2.05) is 6.92 Å². The molecule has 78 valence electrons. The lowest BCUT2D eigenvalue weighted by Gasteiger charge is -2.11. The highest BCUT2D eigenvalue weighted by atomic mass is 32.1. The standard InChI is InChI=1S/C10H10N2O2S/c1-6-3-9(13)12(10(6)14)5-8-11-4-7(2)15-8/h3-4H,5H2,1-2H3. The zero-order valence-electron chi connectivity index (χ0n) is 8.48. The zero-order chi connectivity index (χ0) is 11.0. The Labute approximate surface area is 91.2 Å². The largest absolute Gasteiger partial charge is 0.269 e. The molecule has 1 aromatic heterocycles. The zero-order valence-corrected chi connectivity index (χ0v) is 9.30. The minimum Gasteiger partial charge on any atom is -0.269 e. The van der Waals surface area contributed by atoms with Crippen LogP contribution in [0.2, 0.25) is 0 Å². The summed E-state index contributed by atoms with van der Waals surface area (Å²) in [5.74, 6) is -0.460. The predicted molar refractivity (Wildman–Crippen MR) is 56.2 cm³/mol. The van der Waals surface area contributed by atoms with Crippen LogP contribution in [0.15, 0.2) is 17.8 Å². The Kier molecular flexibility index (Phi) is 2.40. The van der Waals surface area contributed by atoms with Crippen molar-refractivity contribution in [2.45, 2.75) is 20.4 Å². The third-order valence-electron chi connectivity index (χ3n) is 2.15. The third-order valence-corrected chi connectivity index (χ3v) is 3.05. The van der Waals surface area contributed by atoms with E-state index < -0.39 is 0 Å². The van der Waals surface area contributed by atoms with Gasteiger partial charge in [-0.2, -0.15) is 0 Å². The Morgan fingerprint density at radius 1 is 1.40 bits per heavy atom. The molecule has 0 saturated heterocycles. The molecule has 0 aromatic carbocycles.